The van der Waals surface area contributed by atoms with Crippen molar-refractivity contribution in [2.24, 2.45) is 5.92 Å². The Morgan fingerprint density at radius 2 is 1.94 bits per heavy atom. The molecule has 1 aliphatic rings. The summed E-state index contributed by atoms with van der Waals surface area (Å²) < 4.78 is 45.0. The number of alkyl halides is 3. The van der Waals surface area contributed by atoms with Crippen LogP contribution in [-0.4, -0.2) is 45.8 Å². The number of pyridine rings is 1. The van der Waals surface area contributed by atoms with Gasteiger partial charge in [-0.2, -0.15) is 13.2 Å². The van der Waals surface area contributed by atoms with Gasteiger partial charge in [-0.25, -0.2) is 9.78 Å². The number of carbonyl (C=O) groups is 2. The van der Waals surface area contributed by atoms with Crippen molar-refractivity contribution in [1.82, 2.24) is 10.3 Å². The number of hydrogen-bond donors (Lipinski definition) is 3. The van der Waals surface area contributed by atoms with E-state index in [4.69, 9.17) is 9.84 Å². The van der Waals surface area contributed by atoms with E-state index >= 15 is 0 Å². The van der Waals surface area contributed by atoms with Gasteiger partial charge in [0.1, 0.15) is 12.1 Å². The molecule has 10 heteroatoms. The van der Waals surface area contributed by atoms with Crippen molar-refractivity contribution in [1.29, 1.82) is 0 Å². The summed E-state index contributed by atoms with van der Waals surface area (Å²) in [5, 5.41) is 21.5. The predicted octanol–water partition coefficient (Wildman–Crippen LogP) is 4.29. The number of halogens is 3. The predicted molar refractivity (Wildman–Crippen MR) is 117 cm³/mol. The average Bonchev–Trinajstić information content (AvgIpc) is 2.82. The van der Waals surface area contributed by atoms with Crippen molar-refractivity contribution >= 4 is 11.9 Å². The standard InChI is InChI=1S/C24H27F3N2O5/c1-2-15-6-8-23(9-7-15,22(32)33)29-20(31)17-13-19(21(28-14-17)34-11-10-30)16-4-3-5-18(12-16)24(25,26)27/h3-5,12-15,30H,2,6-11H2,1H3,(H,29,31)(H,32,33). The first kappa shape index (κ1) is 25.5. The van der Waals surface area contributed by atoms with E-state index in [2.05, 4.69) is 10.3 Å². The molecule has 1 heterocycles. The number of carbonyl (C=O) groups excluding carboxylic acids is 1. The minimum Gasteiger partial charge on any atom is -0.480 e. The van der Waals surface area contributed by atoms with Crippen LogP contribution >= 0.6 is 0 Å². The Labute approximate surface area is 195 Å². The van der Waals surface area contributed by atoms with E-state index in [1.54, 1.807) is 0 Å². The summed E-state index contributed by atoms with van der Waals surface area (Å²) in [5.74, 6) is -1.46. The lowest BCUT2D eigenvalue weighted by Gasteiger charge is -2.37. The summed E-state index contributed by atoms with van der Waals surface area (Å²) in [6.07, 6.45) is -0.544. The zero-order valence-electron chi connectivity index (χ0n) is 18.7. The number of aliphatic carboxylic acids is 1. The van der Waals surface area contributed by atoms with Crippen molar-refractivity contribution < 1.29 is 37.7 Å². The molecule has 0 atom stereocenters. The molecule has 0 bridgehead atoms. The van der Waals surface area contributed by atoms with Crippen LogP contribution in [0.4, 0.5) is 13.2 Å². The number of hydrogen-bond acceptors (Lipinski definition) is 5. The van der Waals surface area contributed by atoms with Gasteiger partial charge in [-0.15, -0.1) is 0 Å². The van der Waals surface area contributed by atoms with Gasteiger partial charge in [-0.1, -0.05) is 25.5 Å². The van der Waals surface area contributed by atoms with Crippen molar-refractivity contribution in [3.05, 3.63) is 47.7 Å². The molecule has 1 aromatic carbocycles. The first-order valence-electron chi connectivity index (χ1n) is 11.1. The third-order valence-electron chi connectivity index (χ3n) is 6.24. The first-order valence-corrected chi connectivity index (χ1v) is 11.1. The van der Waals surface area contributed by atoms with E-state index in [9.17, 15) is 27.9 Å². The van der Waals surface area contributed by atoms with Gasteiger partial charge in [0.05, 0.1) is 17.7 Å². The number of amides is 1. The van der Waals surface area contributed by atoms with Gasteiger partial charge in [-0.05, 0) is 55.4 Å². The maximum atomic E-state index is 13.2. The zero-order chi connectivity index (χ0) is 24.9. The van der Waals surface area contributed by atoms with E-state index < -0.39 is 29.2 Å². The van der Waals surface area contributed by atoms with E-state index in [1.807, 2.05) is 6.92 Å². The van der Waals surface area contributed by atoms with Crippen molar-refractivity contribution in [3.8, 4) is 17.0 Å². The fourth-order valence-corrected chi connectivity index (χ4v) is 4.16. The van der Waals surface area contributed by atoms with E-state index in [0.717, 1.165) is 18.6 Å². The third kappa shape index (κ3) is 5.67. The molecule has 3 N–H and O–H groups in total. The minimum absolute atomic E-state index is 0.0120. The van der Waals surface area contributed by atoms with Crippen LogP contribution in [-0.2, 0) is 11.0 Å². The van der Waals surface area contributed by atoms with Crippen LogP contribution in [0.5, 0.6) is 5.88 Å². The second-order valence-electron chi connectivity index (χ2n) is 8.42. The topological polar surface area (TPSA) is 109 Å². The van der Waals surface area contributed by atoms with Crippen LogP contribution in [0.25, 0.3) is 11.1 Å². The number of carboxylic acids is 1. The summed E-state index contributed by atoms with van der Waals surface area (Å²) in [4.78, 5) is 29.2. The highest BCUT2D eigenvalue weighted by molar-refractivity contribution is 5.99. The molecule has 34 heavy (non-hydrogen) atoms. The molecule has 3 rings (SSSR count). The van der Waals surface area contributed by atoms with Gasteiger partial charge in [0, 0.05) is 11.8 Å². The molecule has 1 aromatic heterocycles. The Morgan fingerprint density at radius 1 is 1.24 bits per heavy atom. The van der Waals surface area contributed by atoms with Crippen molar-refractivity contribution in [2.75, 3.05) is 13.2 Å². The fourth-order valence-electron chi connectivity index (χ4n) is 4.16. The highest BCUT2D eigenvalue weighted by Gasteiger charge is 2.43. The normalized spacial score (nSPS) is 20.6. The lowest BCUT2D eigenvalue weighted by molar-refractivity contribution is -0.146. The van der Waals surface area contributed by atoms with Crippen LogP contribution < -0.4 is 10.1 Å². The molecule has 0 spiro atoms. The summed E-state index contributed by atoms with van der Waals surface area (Å²) in [6, 6.07) is 5.80. The Bertz CT molecular complexity index is 1030. The number of aliphatic hydroxyl groups is 1. The summed E-state index contributed by atoms with van der Waals surface area (Å²) in [7, 11) is 0. The molecule has 1 amide bonds. The monoisotopic (exact) mass is 480 g/mol. The average molecular weight is 480 g/mol. The SMILES string of the molecule is CCC1CCC(NC(=O)c2cnc(OCCO)c(-c3cccc(C(F)(F)F)c3)c2)(C(=O)O)CC1. The van der Waals surface area contributed by atoms with Crippen molar-refractivity contribution in [2.45, 2.75) is 50.7 Å². The smallest absolute Gasteiger partial charge is 0.416 e. The Kier molecular flexibility index (Phi) is 7.81. The van der Waals surface area contributed by atoms with Gasteiger partial charge in [0.25, 0.3) is 5.91 Å². The maximum Gasteiger partial charge on any atom is 0.416 e. The van der Waals surface area contributed by atoms with Crippen LogP contribution in [0.2, 0.25) is 0 Å². The Morgan fingerprint density at radius 3 is 2.53 bits per heavy atom. The number of ether oxygens (including phenoxy) is 1. The summed E-state index contributed by atoms with van der Waals surface area (Å²) >= 11 is 0. The zero-order valence-corrected chi connectivity index (χ0v) is 18.7. The molecule has 1 fully saturated rings. The molecular formula is C24H27F3N2O5. The largest absolute Gasteiger partial charge is 0.480 e. The maximum absolute atomic E-state index is 13.2. The number of rotatable bonds is 8. The lowest BCUT2D eigenvalue weighted by atomic mass is 9.75. The van der Waals surface area contributed by atoms with Crippen LogP contribution in [0, 0.1) is 5.92 Å². The molecule has 1 saturated carbocycles. The molecule has 0 unspecified atom stereocenters. The van der Waals surface area contributed by atoms with E-state index in [0.29, 0.717) is 18.8 Å². The van der Waals surface area contributed by atoms with Gasteiger partial charge in [0.15, 0.2) is 0 Å². The Balaban J connectivity index is 1.95. The van der Waals surface area contributed by atoms with E-state index in [1.165, 1.54) is 24.4 Å². The van der Waals surface area contributed by atoms with Crippen LogP contribution in [0.3, 0.4) is 0 Å². The van der Waals surface area contributed by atoms with Crippen molar-refractivity contribution in [3.63, 3.8) is 0 Å². The number of nitrogens with one attached hydrogen (secondary N) is 1. The molecule has 0 saturated heterocycles. The molecular weight excluding hydrogens is 453 g/mol. The lowest BCUT2D eigenvalue weighted by Crippen LogP contribution is -2.56. The van der Waals surface area contributed by atoms with Crippen LogP contribution in [0.1, 0.15) is 54.9 Å². The molecule has 0 radical (unpaired) electrons. The first-order chi connectivity index (χ1) is 16.1. The highest BCUT2D eigenvalue weighted by Crippen LogP contribution is 2.36. The second kappa shape index (κ2) is 10.4. The quantitative estimate of drug-likeness (QED) is 0.520. The number of benzene rings is 1. The summed E-state index contributed by atoms with van der Waals surface area (Å²) in [6.45, 7) is 1.55. The second-order valence-corrected chi connectivity index (χ2v) is 8.42. The highest BCUT2D eigenvalue weighted by atomic mass is 19.4. The molecule has 2 aromatic rings. The third-order valence-corrected chi connectivity index (χ3v) is 6.24. The molecule has 184 valence electrons. The number of carboxylic acid groups (broad SMARTS) is 1. The van der Waals surface area contributed by atoms with Gasteiger partial charge >= 0.3 is 12.1 Å². The number of aromatic nitrogens is 1. The molecule has 7 nitrogen and oxygen atoms in total. The van der Waals surface area contributed by atoms with Gasteiger partial charge in [0.2, 0.25) is 5.88 Å². The van der Waals surface area contributed by atoms with Gasteiger partial charge in [-0.3, -0.25) is 4.79 Å². The molecule has 0 aliphatic heterocycles. The van der Waals surface area contributed by atoms with Crippen LogP contribution in [0.15, 0.2) is 36.5 Å². The fraction of sp³-hybridized carbons (Fsp3) is 0.458. The summed E-state index contributed by atoms with van der Waals surface area (Å²) in [5.41, 5.74) is -2.08. The number of nitrogens with zero attached hydrogens (tertiary/aromatic N) is 1. The van der Waals surface area contributed by atoms with E-state index in [-0.39, 0.29) is 48.6 Å². The van der Waals surface area contributed by atoms with Gasteiger partial charge < -0.3 is 20.3 Å². The minimum atomic E-state index is -4.57. The number of aliphatic hydroxyl groups excluding tert-OH is 1. The molecule has 1 aliphatic carbocycles. The Hall–Kier alpha value is -3.14.